The SMILES string of the molecule is Cc1nnc(N2C[C@H]3[C@@H](CNC(=O)c4ccncc4)CO[C@H]3C2)s1. The van der Waals surface area contributed by atoms with Crippen molar-refractivity contribution in [2.24, 2.45) is 11.8 Å². The maximum Gasteiger partial charge on any atom is 0.251 e. The highest BCUT2D eigenvalue weighted by Gasteiger charge is 2.44. The quantitative estimate of drug-likeness (QED) is 0.895. The lowest BCUT2D eigenvalue weighted by Gasteiger charge is -2.19. The minimum Gasteiger partial charge on any atom is -0.376 e. The number of rotatable bonds is 4. The summed E-state index contributed by atoms with van der Waals surface area (Å²) >= 11 is 1.61. The zero-order valence-corrected chi connectivity index (χ0v) is 14.2. The Hall–Kier alpha value is -2.06. The molecule has 0 spiro atoms. The lowest BCUT2D eigenvalue weighted by atomic mass is 9.93. The van der Waals surface area contributed by atoms with Crippen LogP contribution in [-0.4, -0.2) is 53.4 Å². The maximum atomic E-state index is 12.2. The van der Waals surface area contributed by atoms with Crippen molar-refractivity contribution in [2.75, 3.05) is 31.1 Å². The Morgan fingerprint density at radius 2 is 2.21 bits per heavy atom. The molecule has 2 saturated heterocycles. The van der Waals surface area contributed by atoms with E-state index in [-0.39, 0.29) is 12.0 Å². The maximum absolute atomic E-state index is 12.2. The number of carbonyl (C=O) groups excluding carboxylic acids is 1. The topological polar surface area (TPSA) is 80.2 Å². The van der Waals surface area contributed by atoms with Gasteiger partial charge in [0.25, 0.3) is 5.91 Å². The van der Waals surface area contributed by atoms with Gasteiger partial charge < -0.3 is 15.0 Å². The fourth-order valence-corrected chi connectivity index (χ4v) is 4.11. The Bertz CT molecular complexity index is 722. The summed E-state index contributed by atoms with van der Waals surface area (Å²) in [5, 5.41) is 13.3. The summed E-state index contributed by atoms with van der Waals surface area (Å²) in [7, 11) is 0. The highest BCUT2D eigenvalue weighted by molar-refractivity contribution is 7.15. The Kier molecular flexibility index (Phi) is 4.15. The molecule has 7 nitrogen and oxygen atoms in total. The second kappa shape index (κ2) is 6.45. The molecule has 4 heterocycles. The number of pyridine rings is 1. The van der Waals surface area contributed by atoms with Crippen molar-refractivity contribution in [1.82, 2.24) is 20.5 Å². The van der Waals surface area contributed by atoms with Gasteiger partial charge >= 0.3 is 0 Å². The lowest BCUT2D eigenvalue weighted by molar-refractivity contribution is 0.0939. The Morgan fingerprint density at radius 1 is 1.38 bits per heavy atom. The number of nitrogens with one attached hydrogen (secondary N) is 1. The fourth-order valence-electron chi connectivity index (χ4n) is 3.41. The van der Waals surface area contributed by atoms with Crippen molar-refractivity contribution >= 4 is 22.4 Å². The van der Waals surface area contributed by atoms with Crippen molar-refractivity contribution in [3.8, 4) is 0 Å². The molecule has 4 rings (SSSR count). The van der Waals surface area contributed by atoms with Crippen LogP contribution in [0.3, 0.4) is 0 Å². The van der Waals surface area contributed by atoms with Gasteiger partial charge in [0.1, 0.15) is 5.01 Å². The Balaban J connectivity index is 1.35. The molecule has 1 amide bonds. The molecule has 0 bridgehead atoms. The van der Waals surface area contributed by atoms with E-state index in [0.29, 0.717) is 30.6 Å². The summed E-state index contributed by atoms with van der Waals surface area (Å²) in [5.74, 6) is 0.696. The van der Waals surface area contributed by atoms with Crippen LogP contribution in [0, 0.1) is 18.8 Å². The lowest BCUT2D eigenvalue weighted by Crippen LogP contribution is -2.34. The van der Waals surface area contributed by atoms with Crippen LogP contribution in [0.25, 0.3) is 0 Å². The van der Waals surface area contributed by atoms with E-state index in [0.717, 1.165) is 23.2 Å². The molecule has 0 saturated carbocycles. The van der Waals surface area contributed by atoms with Gasteiger partial charge in [-0.25, -0.2) is 0 Å². The van der Waals surface area contributed by atoms with E-state index >= 15 is 0 Å². The van der Waals surface area contributed by atoms with Gasteiger partial charge in [-0.2, -0.15) is 0 Å². The van der Waals surface area contributed by atoms with E-state index in [1.165, 1.54) is 0 Å². The molecule has 8 heteroatoms. The van der Waals surface area contributed by atoms with Crippen LogP contribution < -0.4 is 10.2 Å². The molecule has 2 aromatic rings. The largest absolute Gasteiger partial charge is 0.376 e. The average molecular weight is 345 g/mol. The fraction of sp³-hybridized carbons (Fsp3) is 0.500. The summed E-state index contributed by atoms with van der Waals surface area (Å²) in [6, 6.07) is 3.44. The Morgan fingerprint density at radius 3 is 2.96 bits per heavy atom. The van der Waals surface area contributed by atoms with Crippen LogP contribution in [0.4, 0.5) is 5.13 Å². The molecule has 0 aliphatic carbocycles. The van der Waals surface area contributed by atoms with Crippen molar-refractivity contribution < 1.29 is 9.53 Å². The molecule has 1 N–H and O–H groups in total. The molecule has 0 aromatic carbocycles. The van der Waals surface area contributed by atoms with Crippen molar-refractivity contribution in [1.29, 1.82) is 0 Å². The smallest absolute Gasteiger partial charge is 0.251 e. The molecular weight excluding hydrogens is 326 g/mol. The summed E-state index contributed by atoms with van der Waals surface area (Å²) < 4.78 is 5.94. The van der Waals surface area contributed by atoms with Crippen molar-refractivity contribution in [3.63, 3.8) is 0 Å². The first-order valence-corrected chi connectivity index (χ1v) is 8.87. The van der Waals surface area contributed by atoms with Gasteiger partial charge in [0, 0.05) is 49.4 Å². The molecule has 2 aliphatic heterocycles. The highest BCUT2D eigenvalue weighted by atomic mass is 32.1. The minimum absolute atomic E-state index is 0.0598. The van der Waals surface area contributed by atoms with Crippen LogP contribution in [0.2, 0.25) is 0 Å². The van der Waals surface area contributed by atoms with Crippen LogP contribution in [0.15, 0.2) is 24.5 Å². The summed E-state index contributed by atoms with van der Waals surface area (Å²) in [4.78, 5) is 18.4. The first-order valence-electron chi connectivity index (χ1n) is 8.05. The predicted octanol–water partition coefficient (Wildman–Crippen LogP) is 1.12. The molecule has 0 radical (unpaired) electrons. The number of ether oxygens (including phenoxy) is 1. The van der Waals surface area contributed by atoms with Gasteiger partial charge in [-0.15, -0.1) is 10.2 Å². The average Bonchev–Trinajstić information content (AvgIpc) is 3.29. The minimum atomic E-state index is -0.0598. The second-order valence-electron chi connectivity index (χ2n) is 6.25. The van der Waals surface area contributed by atoms with Gasteiger partial charge in [-0.1, -0.05) is 11.3 Å². The van der Waals surface area contributed by atoms with E-state index in [1.54, 1.807) is 35.9 Å². The van der Waals surface area contributed by atoms with Crippen LogP contribution in [-0.2, 0) is 4.74 Å². The van der Waals surface area contributed by atoms with Gasteiger partial charge in [-0.3, -0.25) is 9.78 Å². The third-order valence-corrected chi connectivity index (χ3v) is 5.59. The molecular formula is C16H19N5O2S. The number of aromatic nitrogens is 3. The van der Waals surface area contributed by atoms with Gasteiger partial charge in [0.15, 0.2) is 0 Å². The second-order valence-corrected chi connectivity index (χ2v) is 7.41. The number of amides is 1. The number of fused-ring (bicyclic) bond motifs is 1. The number of hydrogen-bond acceptors (Lipinski definition) is 7. The standard InChI is InChI=1S/C16H19N5O2S/c1-10-19-20-16(24-10)21-7-13-12(9-23-14(13)8-21)6-18-15(22)11-2-4-17-5-3-11/h2-5,12-14H,6-9H2,1H3,(H,18,22)/t12-,13-,14-/m0/s1. The van der Waals surface area contributed by atoms with Crippen LogP contribution in [0.5, 0.6) is 0 Å². The first-order chi connectivity index (χ1) is 11.7. The van der Waals surface area contributed by atoms with Crippen LogP contribution in [0.1, 0.15) is 15.4 Å². The summed E-state index contributed by atoms with van der Waals surface area (Å²) in [5.41, 5.74) is 0.637. The number of aryl methyl sites for hydroxylation is 1. The van der Waals surface area contributed by atoms with E-state index in [2.05, 4.69) is 25.4 Å². The molecule has 24 heavy (non-hydrogen) atoms. The van der Waals surface area contributed by atoms with Gasteiger partial charge in [-0.05, 0) is 19.1 Å². The van der Waals surface area contributed by atoms with E-state index in [1.807, 2.05) is 6.92 Å². The van der Waals surface area contributed by atoms with Crippen molar-refractivity contribution in [2.45, 2.75) is 13.0 Å². The molecule has 2 aliphatic rings. The zero-order valence-electron chi connectivity index (χ0n) is 13.4. The normalized spacial score (nSPS) is 25.7. The molecule has 126 valence electrons. The number of nitrogens with zero attached hydrogens (tertiary/aromatic N) is 4. The van der Waals surface area contributed by atoms with Gasteiger partial charge in [0.2, 0.25) is 5.13 Å². The van der Waals surface area contributed by atoms with E-state index in [9.17, 15) is 4.79 Å². The van der Waals surface area contributed by atoms with Crippen molar-refractivity contribution in [3.05, 3.63) is 35.1 Å². The highest BCUT2D eigenvalue weighted by Crippen LogP contribution is 2.36. The molecule has 2 aromatic heterocycles. The Labute approximate surface area is 144 Å². The molecule has 2 fully saturated rings. The predicted molar refractivity (Wildman–Crippen MR) is 90.1 cm³/mol. The molecule has 0 unspecified atom stereocenters. The number of hydrogen-bond donors (Lipinski definition) is 1. The summed E-state index contributed by atoms with van der Waals surface area (Å²) in [6.07, 6.45) is 3.47. The third kappa shape index (κ3) is 2.99. The van der Waals surface area contributed by atoms with E-state index in [4.69, 9.17) is 4.74 Å². The van der Waals surface area contributed by atoms with Crippen LogP contribution >= 0.6 is 11.3 Å². The monoisotopic (exact) mass is 345 g/mol. The van der Waals surface area contributed by atoms with Gasteiger partial charge in [0.05, 0.1) is 12.7 Å². The first kappa shape index (κ1) is 15.5. The number of anilines is 1. The third-order valence-electron chi connectivity index (χ3n) is 4.69. The number of carbonyl (C=O) groups is 1. The molecule has 3 atom stereocenters. The zero-order chi connectivity index (χ0) is 16.5. The van der Waals surface area contributed by atoms with E-state index < -0.39 is 0 Å². The summed E-state index contributed by atoms with van der Waals surface area (Å²) in [6.45, 7) is 5.06.